The van der Waals surface area contributed by atoms with E-state index >= 15 is 0 Å². The highest BCUT2D eigenvalue weighted by Gasteiger charge is 2.42. The number of nitrogens with zero attached hydrogens (tertiary/aromatic N) is 5. The van der Waals surface area contributed by atoms with E-state index in [1.54, 1.807) is 18.6 Å². The minimum absolute atomic E-state index is 0.207. The molecule has 2 atom stereocenters. The number of aromatic nitrogens is 4. The van der Waals surface area contributed by atoms with Gasteiger partial charge in [-0.2, -0.15) is 18.3 Å². The number of H-pyrrole nitrogens is 1. The van der Waals surface area contributed by atoms with E-state index in [-0.39, 0.29) is 24.0 Å². The van der Waals surface area contributed by atoms with Gasteiger partial charge in [-0.15, -0.1) is 0 Å². The first-order valence-corrected chi connectivity index (χ1v) is 15.3. The lowest BCUT2D eigenvalue weighted by atomic mass is 9.82. The van der Waals surface area contributed by atoms with Gasteiger partial charge in [0.1, 0.15) is 0 Å². The Balaban J connectivity index is 0.00000102. The van der Waals surface area contributed by atoms with Crippen LogP contribution in [0.25, 0.3) is 10.9 Å². The van der Waals surface area contributed by atoms with Crippen LogP contribution in [0.4, 0.5) is 19.1 Å². The number of anilines is 1. The smallest absolute Gasteiger partial charge is 0.401 e. The molecule has 0 saturated carbocycles. The molecule has 2 unspecified atom stereocenters. The normalized spacial score (nSPS) is 21.7. The van der Waals surface area contributed by atoms with E-state index in [0.717, 1.165) is 47.7 Å². The Morgan fingerprint density at radius 2 is 1.77 bits per heavy atom. The summed E-state index contributed by atoms with van der Waals surface area (Å²) in [5, 5.41) is 8.00. The predicted octanol–water partition coefficient (Wildman–Crippen LogP) is 5.85. The van der Waals surface area contributed by atoms with Gasteiger partial charge in [0.2, 0.25) is 5.95 Å². The zero-order valence-corrected chi connectivity index (χ0v) is 25.7. The van der Waals surface area contributed by atoms with Crippen molar-refractivity contribution in [1.29, 1.82) is 0 Å². The van der Waals surface area contributed by atoms with E-state index in [4.69, 9.17) is 9.47 Å². The first kappa shape index (κ1) is 32.7. The molecule has 0 bridgehead atoms. The van der Waals surface area contributed by atoms with Crippen molar-refractivity contribution in [2.24, 2.45) is 5.92 Å². The summed E-state index contributed by atoms with van der Waals surface area (Å²) in [6.07, 6.45) is 4.39. The number of fused-ring (bicyclic) bond motifs is 3. The van der Waals surface area contributed by atoms with Crippen LogP contribution in [0.5, 0.6) is 0 Å². The maximum Gasteiger partial charge on any atom is 0.401 e. The third kappa shape index (κ3) is 7.12. The Labute approximate surface area is 251 Å². The predicted molar refractivity (Wildman–Crippen MR) is 159 cm³/mol. The highest BCUT2D eigenvalue weighted by Crippen LogP contribution is 2.40. The van der Waals surface area contributed by atoms with Gasteiger partial charge in [0.15, 0.2) is 0 Å². The zero-order valence-electron chi connectivity index (χ0n) is 25.7. The van der Waals surface area contributed by atoms with Crippen molar-refractivity contribution in [3.8, 4) is 0 Å². The van der Waals surface area contributed by atoms with Crippen molar-refractivity contribution >= 4 is 22.8 Å². The van der Waals surface area contributed by atoms with E-state index in [9.17, 15) is 18.0 Å². The molecule has 3 aromatic rings. The van der Waals surface area contributed by atoms with Crippen LogP contribution in [0.3, 0.4) is 0 Å². The second kappa shape index (κ2) is 14.0. The van der Waals surface area contributed by atoms with Crippen molar-refractivity contribution in [3.05, 3.63) is 47.4 Å². The summed E-state index contributed by atoms with van der Waals surface area (Å²) in [6, 6.07) is 3.15. The number of piperidine rings is 1. The molecule has 1 aromatic carbocycles. The fourth-order valence-electron chi connectivity index (χ4n) is 6.37. The number of alkyl halides is 3. The molecule has 6 rings (SSSR count). The Hall–Kier alpha value is -3.25. The van der Waals surface area contributed by atoms with Gasteiger partial charge in [0.25, 0.3) is 0 Å². The number of halogens is 3. The molecule has 5 heterocycles. The first-order valence-electron chi connectivity index (χ1n) is 15.3. The van der Waals surface area contributed by atoms with Gasteiger partial charge in [-0.25, -0.2) is 9.97 Å². The average Bonchev–Trinajstić information content (AvgIpc) is 3.52. The van der Waals surface area contributed by atoms with Crippen LogP contribution in [-0.4, -0.2) is 82.7 Å². The summed E-state index contributed by atoms with van der Waals surface area (Å²) in [7, 11) is 1.40. The molecule has 3 aliphatic heterocycles. The van der Waals surface area contributed by atoms with Gasteiger partial charge in [-0.05, 0) is 49.3 Å². The van der Waals surface area contributed by atoms with E-state index in [1.807, 2.05) is 39.8 Å². The van der Waals surface area contributed by atoms with Crippen molar-refractivity contribution in [3.63, 3.8) is 0 Å². The molecular weight excluding hydrogens is 561 g/mol. The number of hydrogen-bond acceptors (Lipinski definition) is 8. The lowest BCUT2D eigenvalue weighted by Crippen LogP contribution is -2.50. The minimum Gasteiger partial charge on any atom is -0.469 e. The van der Waals surface area contributed by atoms with E-state index in [1.165, 1.54) is 12.0 Å². The van der Waals surface area contributed by atoms with E-state index < -0.39 is 18.8 Å². The third-order valence-corrected chi connectivity index (χ3v) is 8.47. The highest BCUT2D eigenvalue weighted by molar-refractivity contribution is 5.83. The quantitative estimate of drug-likeness (QED) is 0.371. The van der Waals surface area contributed by atoms with Crippen LogP contribution in [0.1, 0.15) is 76.1 Å². The number of carbonyl (C=O) groups is 1. The molecule has 3 aliphatic rings. The maximum atomic E-state index is 13.5. The molecule has 0 aliphatic carbocycles. The molecule has 0 radical (unpaired) electrons. The number of esters is 1. The summed E-state index contributed by atoms with van der Waals surface area (Å²) >= 11 is 0. The average molecular weight is 605 g/mol. The minimum atomic E-state index is -4.32. The highest BCUT2D eigenvalue weighted by atomic mass is 19.4. The number of carbonyl (C=O) groups excluding carboxylic acids is 1. The molecule has 236 valence electrons. The Bertz CT molecular complexity index is 1330. The summed E-state index contributed by atoms with van der Waals surface area (Å²) in [4.78, 5) is 24.6. The summed E-state index contributed by atoms with van der Waals surface area (Å²) in [5.74, 6) is 0.126. The molecule has 0 amide bonds. The van der Waals surface area contributed by atoms with Gasteiger partial charge >= 0.3 is 12.1 Å². The molecule has 2 saturated heterocycles. The topological polar surface area (TPSA) is 96.5 Å². The van der Waals surface area contributed by atoms with Gasteiger partial charge in [0, 0.05) is 43.0 Å². The van der Waals surface area contributed by atoms with Gasteiger partial charge in [-0.1, -0.05) is 33.8 Å². The van der Waals surface area contributed by atoms with Crippen molar-refractivity contribution in [1.82, 2.24) is 25.1 Å². The number of nitrogens with one attached hydrogen (secondary N) is 1. The van der Waals surface area contributed by atoms with Crippen LogP contribution in [-0.2, 0) is 20.7 Å². The van der Waals surface area contributed by atoms with Gasteiger partial charge in [-0.3, -0.25) is 14.8 Å². The fraction of sp³-hybridized carbons (Fsp3) is 0.613. The molecule has 1 N–H and O–H groups in total. The number of ether oxygens (including phenoxy) is 2. The van der Waals surface area contributed by atoms with Crippen LogP contribution in [0, 0.1) is 5.92 Å². The van der Waals surface area contributed by atoms with Crippen molar-refractivity contribution in [2.75, 3.05) is 44.8 Å². The second-order valence-electron chi connectivity index (χ2n) is 10.8. The number of methoxy groups -OCH3 is 1. The standard InChI is InChI=1S/C27H31F3N6O3.2C2H6/c1-38-24(37)17-4-6-26(39-15-17)7-10-35(11-8-26)25-31-12-18(13-32-25)23-20-2-3-22-21(14-33-34-22)19(20)5-9-36(23)16-27(28,29)30;2*1-2/h2-3,12-14,17,23H,4-11,15-16H2,1H3,(H,33,34);2*1-2H3. The molecule has 43 heavy (non-hydrogen) atoms. The Kier molecular flexibility index (Phi) is 10.7. The first-order chi connectivity index (χ1) is 20.8. The Morgan fingerprint density at radius 1 is 1.07 bits per heavy atom. The van der Waals surface area contributed by atoms with Gasteiger partial charge < -0.3 is 14.4 Å². The number of hydrogen-bond donors (Lipinski definition) is 1. The molecule has 9 nitrogen and oxygen atoms in total. The Morgan fingerprint density at radius 3 is 2.37 bits per heavy atom. The van der Waals surface area contributed by atoms with Gasteiger partial charge in [0.05, 0.1) is 49.5 Å². The molecular formula is C31H43F3N6O3. The number of benzene rings is 1. The van der Waals surface area contributed by atoms with Crippen LogP contribution in [0.15, 0.2) is 30.7 Å². The maximum absolute atomic E-state index is 13.5. The van der Waals surface area contributed by atoms with Crippen molar-refractivity contribution < 1.29 is 27.4 Å². The van der Waals surface area contributed by atoms with Crippen LogP contribution in [0.2, 0.25) is 0 Å². The molecule has 2 fully saturated rings. The molecule has 12 heteroatoms. The second-order valence-corrected chi connectivity index (χ2v) is 10.8. The molecule has 1 spiro atoms. The monoisotopic (exact) mass is 604 g/mol. The van der Waals surface area contributed by atoms with Crippen LogP contribution < -0.4 is 4.90 Å². The lowest BCUT2D eigenvalue weighted by molar-refractivity contribution is -0.161. The summed E-state index contributed by atoms with van der Waals surface area (Å²) in [5.41, 5.74) is 3.09. The third-order valence-electron chi connectivity index (χ3n) is 8.47. The summed E-state index contributed by atoms with van der Waals surface area (Å²) < 4.78 is 51.6. The van der Waals surface area contributed by atoms with Crippen molar-refractivity contribution in [2.45, 2.75) is 77.6 Å². The fourth-order valence-corrected chi connectivity index (χ4v) is 6.37. The summed E-state index contributed by atoms with van der Waals surface area (Å²) in [6.45, 7) is 9.04. The largest absolute Gasteiger partial charge is 0.469 e. The zero-order chi connectivity index (χ0) is 31.2. The lowest BCUT2D eigenvalue weighted by Gasteiger charge is -2.45. The van der Waals surface area contributed by atoms with E-state index in [2.05, 4.69) is 25.1 Å². The van der Waals surface area contributed by atoms with Crippen LogP contribution >= 0.6 is 0 Å². The molecule has 2 aromatic heterocycles. The SMILES string of the molecule is CC.CC.COC(=O)C1CCC2(CCN(c3ncc(C4c5ccc6[nH]ncc6c5CCN4CC(F)(F)F)cn3)CC2)OC1. The number of aromatic amines is 1. The van der Waals surface area contributed by atoms with E-state index in [0.29, 0.717) is 37.6 Å². The number of rotatable bonds is 4.